The van der Waals surface area contributed by atoms with Crippen LogP contribution in [0.2, 0.25) is 0 Å². The number of benzene rings is 2. The van der Waals surface area contributed by atoms with Gasteiger partial charge < -0.3 is 14.7 Å². The lowest BCUT2D eigenvalue weighted by atomic mass is 9.75. The monoisotopic (exact) mass is 599 g/mol. The molecule has 0 spiro atoms. The van der Waals surface area contributed by atoms with Crippen LogP contribution in [0.3, 0.4) is 0 Å². The van der Waals surface area contributed by atoms with E-state index in [0.29, 0.717) is 18.4 Å². The molecule has 0 radical (unpaired) electrons. The number of ether oxygens (including phenoxy) is 1. The van der Waals surface area contributed by atoms with Crippen molar-refractivity contribution in [2.45, 2.75) is 91.8 Å². The summed E-state index contributed by atoms with van der Waals surface area (Å²) in [6, 6.07) is 11.7. The number of nitrogens with zero attached hydrogens (tertiary/aromatic N) is 3. The van der Waals surface area contributed by atoms with Crippen molar-refractivity contribution in [3.05, 3.63) is 63.5 Å². The zero-order valence-corrected chi connectivity index (χ0v) is 26.9. The van der Waals surface area contributed by atoms with Gasteiger partial charge in [-0.1, -0.05) is 38.1 Å². The molecule has 7 heteroatoms. The van der Waals surface area contributed by atoms with Crippen LogP contribution in [0.25, 0.3) is 11.3 Å². The van der Waals surface area contributed by atoms with E-state index >= 15 is 0 Å². The maximum atomic E-state index is 11.7. The first kappa shape index (κ1) is 28.8. The molecule has 1 saturated heterocycles. The summed E-state index contributed by atoms with van der Waals surface area (Å²) in [5.41, 5.74) is 8.72. The molecule has 0 amide bonds. The molecule has 1 N–H and O–H groups in total. The molecular weight excluding hydrogens is 554 g/mol. The molecule has 2 aliphatic heterocycles. The Labute approximate surface area is 260 Å². The summed E-state index contributed by atoms with van der Waals surface area (Å²) in [6.07, 6.45) is 7.96. The molecule has 2 saturated carbocycles. The molecule has 3 aromatic rings. The summed E-state index contributed by atoms with van der Waals surface area (Å²) in [6.45, 7) is 13.5. The average molecular weight is 600 g/mol. The number of carboxylic acids is 1. The molecule has 2 aromatic carbocycles. The molecule has 4 aliphatic rings. The first-order valence-corrected chi connectivity index (χ1v) is 17.0. The summed E-state index contributed by atoms with van der Waals surface area (Å²) in [5, 5.41) is 12.7. The third-order valence-electron chi connectivity index (χ3n) is 11.0. The minimum absolute atomic E-state index is 0.242. The van der Waals surface area contributed by atoms with Crippen molar-refractivity contribution in [1.82, 2.24) is 9.88 Å². The minimum Gasteiger partial charge on any atom is -0.488 e. The fraction of sp³-hybridized carbons (Fsp3) is 0.556. The van der Waals surface area contributed by atoms with Gasteiger partial charge in [-0.05, 0) is 104 Å². The van der Waals surface area contributed by atoms with Crippen LogP contribution in [0.15, 0.2) is 35.7 Å². The Hall–Kier alpha value is -2.90. The highest BCUT2D eigenvalue weighted by atomic mass is 32.1. The summed E-state index contributed by atoms with van der Waals surface area (Å²) < 4.78 is 6.58. The number of fused-ring (bicyclic) bond motifs is 2. The lowest BCUT2D eigenvalue weighted by Gasteiger charge is -2.42. The zero-order chi connectivity index (χ0) is 29.9. The number of aromatic nitrogens is 1. The Bertz CT molecular complexity index is 1540. The van der Waals surface area contributed by atoms with Gasteiger partial charge in [-0.15, -0.1) is 11.3 Å². The van der Waals surface area contributed by atoms with Crippen molar-refractivity contribution in [1.29, 1.82) is 0 Å². The summed E-state index contributed by atoms with van der Waals surface area (Å²) >= 11 is 1.64. The van der Waals surface area contributed by atoms with Gasteiger partial charge in [-0.2, -0.15) is 0 Å². The predicted molar refractivity (Wildman–Crippen MR) is 173 cm³/mol. The number of aryl methyl sites for hydroxylation is 2. The molecule has 2 aliphatic carbocycles. The first-order valence-electron chi connectivity index (χ1n) is 16.1. The van der Waals surface area contributed by atoms with Crippen LogP contribution in [0.4, 0.5) is 5.13 Å². The van der Waals surface area contributed by atoms with E-state index in [4.69, 9.17) is 9.72 Å². The molecule has 6 nitrogen and oxygen atoms in total. The van der Waals surface area contributed by atoms with E-state index < -0.39 is 11.4 Å². The number of hydrogen-bond acceptors (Lipinski definition) is 6. The van der Waals surface area contributed by atoms with Gasteiger partial charge in [0.15, 0.2) is 5.13 Å². The van der Waals surface area contributed by atoms with Crippen LogP contribution >= 0.6 is 11.3 Å². The Balaban J connectivity index is 1.03. The molecule has 3 fully saturated rings. The second-order valence-corrected chi connectivity index (χ2v) is 15.3. The van der Waals surface area contributed by atoms with Gasteiger partial charge in [0.1, 0.15) is 12.4 Å². The van der Waals surface area contributed by atoms with Crippen LogP contribution in [-0.2, 0) is 24.4 Å². The van der Waals surface area contributed by atoms with Crippen molar-refractivity contribution in [3.63, 3.8) is 0 Å². The lowest BCUT2D eigenvalue weighted by Crippen LogP contribution is -2.42. The number of carbonyl (C=O) groups is 1. The van der Waals surface area contributed by atoms with Crippen molar-refractivity contribution < 1.29 is 14.6 Å². The molecule has 0 bridgehead atoms. The number of aliphatic carboxylic acids is 1. The fourth-order valence-electron chi connectivity index (χ4n) is 8.01. The molecule has 1 aromatic heterocycles. The van der Waals surface area contributed by atoms with Gasteiger partial charge in [0.2, 0.25) is 0 Å². The molecule has 7 rings (SSSR count). The molecule has 3 heterocycles. The lowest BCUT2D eigenvalue weighted by molar-refractivity contribution is -0.144. The number of thiazole rings is 1. The largest absolute Gasteiger partial charge is 0.488 e. The maximum absolute atomic E-state index is 11.7. The van der Waals surface area contributed by atoms with Crippen LogP contribution in [0, 0.1) is 30.6 Å². The van der Waals surface area contributed by atoms with E-state index in [9.17, 15) is 9.90 Å². The number of hydrogen-bond donors (Lipinski definition) is 1. The first-order chi connectivity index (χ1) is 20.6. The van der Waals surface area contributed by atoms with Gasteiger partial charge in [-0.3, -0.25) is 9.69 Å². The molecular formula is C36H45N3O3S. The van der Waals surface area contributed by atoms with Gasteiger partial charge in [0, 0.05) is 43.2 Å². The second kappa shape index (κ2) is 10.9. The summed E-state index contributed by atoms with van der Waals surface area (Å²) in [5.74, 6) is 0.511. The van der Waals surface area contributed by atoms with Gasteiger partial charge >= 0.3 is 5.97 Å². The minimum atomic E-state index is -0.627. The molecule has 228 valence electrons. The zero-order valence-electron chi connectivity index (χ0n) is 26.1. The normalized spacial score (nSPS) is 25.2. The van der Waals surface area contributed by atoms with E-state index in [0.717, 1.165) is 72.8 Å². The van der Waals surface area contributed by atoms with Crippen LogP contribution in [-0.4, -0.2) is 46.6 Å². The number of anilines is 1. The van der Waals surface area contributed by atoms with Crippen LogP contribution < -0.4 is 9.64 Å². The Kier molecular flexibility index (Phi) is 7.32. The predicted octanol–water partition coefficient (Wildman–Crippen LogP) is 7.63. The van der Waals surface area contributed by atoms with Gasteiger partial charge in [0.25, 0.3) is 0 Å². The Morgan fingerprint density at radius 1 is 1.12 bits per heavy atom. The van der Waals surface area contributed by atoms with E-state index in [1.807, 2.05) is 0 Å². The SMILES string of the molecule is Cc1cc(COc2c(C)cccc2-c2csc(N3CC[C@@]4(C(=O)O)CC4C3)n2)cc2c1CN(C1CCC(C)(C)CC1)CC2. The molecule has 43 heavy (non-hydrogen) atoms. The Morgan fingerprint density at radius 3 is 2.70 bits per heavy atom. The standard InChI is InChI=1S/C36H45N3O3S/c1-23-6-5-7-29(31-22-43-34(37-31)39-15-13-36(33(40)41)18-27(36)19-39)32(23)42-21-25-16-24(2)30-20-38(14-10-26(30)17-25)28-8-11-35(3,4)12-9-28/h5-7,16-17,22,27-28H,8-15,18-21H2,1-4H3,(H,40,41)/t27?,36-/m1/s1. The molecule has 1 unspecified atom stereocenters. The van der Waals surface area contributed by atoms with Crippen molar-refractivity contribution >= 4 is 22.4 Å². The summed E-state index contributed by atoms with van der Waals surface area (Å²) in [4.78, 5) is 21.8. The second-order valence-electron chi connectivity index (χ2n) is 14.5. The topological polar surface area (TPSA) is 65.9 Å². The number of rotatable bonds is 7. The van der Waals surface area contributed by atoms with E-state index in [1.165, 1.54) is 47.9 Å². The number of piperidine rings is 1. The van der Waals surface area contributed by atoms with E-state index in [-0.39, 0.29) is 5.92 Å². The van der Waals surface area contributed by atoms with Crippen molar-refractivity contribution in [2.75, 3.05) is 24.5 Å². The van der Waals surface area contributed by atoms with Crippen LogP contribution in [0.1, 0.15) is 80.2 Å². The quantitative estimate of drug-likeness (QED) is 0.301. The highest BCUT2D eigenvalue weighted by Crippen LogP contribution is 2.58. The third kappa shape index (κ3) is 5.48. The van der Waals surface area contributed by atoms with E-state index in [1.54, 1.807) is 11.3 Å². The summed E-state index contributed by atoms with van der Waals surface area (Å²) in [7, 11) is 0. The highest BCUT2D eigenvalue weighted by Gasteiger charge is 2.62. The smallest absolute Gasteiger partial charge is 0.310 e. The van der Waals surface area contributed by atoms with Crippen LogP contribution in [0.5, 0.6) is 5.75 Å². The third-order valence-corrected chi connectivity index (χ3v) is 11.9. The van der Waals surface area contributed by atoms with E-state index in [2.05, 4.69) is 73.2 Å². The number of para-hydroxylation sites is 1. The highest BCUT2D eigenvalue weighted by molar-refractivity contribution is 7.14. The Morgan fingerprint density at radius 2 is 1.93 bits per heavy atom. The van der Waals surface area contributed by atoms with Crippen molar-refractivity contribution in [3.8, 4) is 17.0 Å². The maximum Gasteiger partial charge on any atom is 0.310 e. The average Bonchev–Trinajstić information content (AvgIpc) is 3.54. The van der Waals surface area contributed by atoms with Crippen molar-refractivity contribution in [2.24, 2.45) is 16.7 Å². The van der Waals surface area contributed by atoms with Gasteiger partial charge in [-0.25, -0.2) is 4.98 Å². The van der Waals surface area contributed by atoms with Gasteiger partial charge in [0.05, 0.1) is 11.1 Å². The number of carboxylic acid groups (broad SMARTS) is 1. The molecule has 2 atom stereocenters. The fourth-order valence-corrected chi connectivity index (χ4v) is 8.87.